The average Bonchev–Trinajstić information content (AvgIpc) is 3.41. The molecule has 3 rings (SSSR count). The summed E-state index contributed by atoms with van der Waals surface area (Å²) >= 11 is 0. The van der Waals surface area contributed by atoms with Gasteiger partial charge in [0.05, 0.1) is 18.6 Å². The van der Waals surface area contributed by atoms with Crippen LogP contribution in [0.2, 0.25) is 0 Å². The molecule has 2 saturated carbocycles. The molecule has 1 saturated heterocycles. The molecule has 14 heteroatoms. The highest BCUT2D eigenvalue weighted by Gasteiger charge is 2.39. The van der Waals surface area contributed by atoms with Crippen LogP contribution in [0.1, 0.15) is 117 Å². The SMILES string of the molecule is CCC[C@H]1C(=O)N[C@@H](C2CCCCCC2)C(=O)N[C@@H](CN)C(=O)N[C@@H](COCCCN)C(=O)N[C@H](C)O[C@H](CC2CCCCC2)[C@@H](C)C(=O)N1C. The number of nitrogens with one attached hydrogen (secondary N) is 4. The molecule has 1 heterocycles. The van der Waals surface area contributed by atoms with E-state index in [0.717, 1.165) is 64.2 Å². The minimum absolute atomic E-state index is 0.139. The molecule has 1 aliphatic heterocycles. The van der Waals surface area contributed by atoms with Crippen molar-refractivity contribution in [2.24, 2.45) is 29.2 Å². The van der Waals surface area contributed by atoms with Crippen molar-refractivity contribution in [3.05, 3.63) is 0 Å². The molecule has 0 aromatic carbocycles. The molecule has 8 N–H and O–H groups in total. The van der Waals surface area contributed by atoms with E-state index in [1.165, 1.54) is 11.3 Å². The van der Waals surface area contributed by atoms with E-state index in [4.69, 9.17) is 20.9 Å². The van der Waals surface area contributed by atoms with Crippen LogP contribution in [0.25, 0.3) is 0 Å². The Balaban J connectivity index is 2.01. The second-order valence-corrected chi connectivity index (χ2v) is 14.9. The Labute approximate surface area is 305 Å². The molecule has 0 unspecified atom stereocenters. The molecule has 51 heavy (non-hydrogen) atoms. The lowest BCUT2D eigenvalue weighted by Gasteiger charge is -2.36. The van der Waals surface area contributed by atoms with E-state index >= 15 is 0 Å². The highest BCUT2D eigenvalue weighted by molar-refractivity contribution is 5.96. The summed E-state index contributed by atoms with van der Waals surface area (Å²) in [5.41, 5.74) is 11.6. The Morgan fingerprint density at radius 1 is 0.784 bits per heavy atom. The number of nitrogens with zero attached hydrogens (tertiary/aromatic N) is 1. The van der Waals surface area contributed by atoms with Gasteiger partial charge >= 0.3 is 0 Å². The number of hydrogen-bond acceptors (Lipinski definition) is 9. The Kier molecular flexibility index (Phi) is 18.6. The van der Waals surface area contributed by atoms with Crippen LogP contribution in [0.15, 0.2) is 0 Å². The van der Waals surface area contributed by atoms with E-state index in [1.807, 2.05) is 13.8 Å². The maximum Gasteiger partial charge on any atom is 0.246 e. The van der Waals surface area contributed by atoms with Gasteiger partial charge in [-0.15, -0.1) is 0 Å². The normalized spacial score (nSPS) is 30.7. The van der Waals surface area contributed by atoms with E-state index in [-0.39, 0.29) is 31.6 Å². The van der Waals surface area contributed by atoms with E-state index in [2.05, 4.69) is 21.3 Å². The molecule has 0 aromatic rings. The first kappa shape index (κ1) is 42.6. The van der Waals surface area contributed by atoms with Crippen LogP contribution in [-0.2, 0) is 33.4 Å². The number of ether oxygens (including phenoxy) is 2. The van der Waals surface area contributed by atoms with Crippen LogP contribution in [0.4, 0.5) is 0 Å². The number of likely N-dealkylation sites (N-methyl/N-ethyl adjacent to an activating group) is 1. The Hall–Kier alpha value is -2.81. The molecule has 5 amide bonds. The molecule has 14 nitrogen and oxygen atoms in total. The van der Waals surface area contributed by atoms with Crippen LogP contribution in [0.5, 0.6) is 0 Å². The second kappa shape index (κ2) is 22.3. The summed E-state index contributed by atoms with van der Waals surface area (Å²) in [6, 6.07) is -4.05. The third-order valence-electron chi connectivity index (χ3n) is 10.9. The topological polar surface area (TPSA) is 207 Å². The molecule has 0 spiro atoms. The van der Waals surface area contributed by atoms with Gasteiger partial charge in [0, 0.05) is 20.2 Å². The maximum absolute atomic E-state index is 14.2. The molecule has 3 fully saturated rings. The molecular formula is C37H67N7O7. The quantitative estimate of drug-likeness (QED) is 0.136. The van der Waals surface area contributed by atoms with Crippen molar-refractivity contribution in [3.8, 4) is 0 Å². The van der Waals surface area contributed by atoms with Crippen LogP contribution >= 0.6 is 0 Å². The second-order valence-electron chi connectivity index (χ2n) is 14.9. The minimum atomic E-state index is -1.18. The van der Waals surface area contributed by atoms with Crippen molar-refractivity contribution >= 4 is 29.5 Å². The lowest BCUT2D eigenvalue weighted by atomic mass is 9.82. The molecule has 0 radical (unpaired) electrons. The summed E-state index contributed by atoms with van der Waals surface area (Å²) in [7, 11) is 1.64. The van der Waals surface area contributed by atoms with Crippen molar-refractivity contribution in [2.75, 3.05) is 33.4 Å². The van der Waals surface area contributed by atoms with Crippen molar-refractivity contribution in [2.45, 2.75) is 154 Å². The number of amides is 5. The van der Waals surface area contributed by atoms with Gasteiger partial charge in [-0.3, -0.25) is 24.0 Å². The van der Waals surface area contributed by atoms with E-state index in [1.54, 1.807) is 14.0 Å². The zero-order chi connectivity index (χ0) is 37.3. The maximum atomic E-state index is 14.2. The van der Waals surface area contributed by atoms with Gasteiger partial charge < -0.3 is 47.1 Å². The minimum Gasteiger partial charge on any atom is -0.379 e. The van der Waals surface area contributed by atoms with E-state index < -0.39 is 66.0 Å². The first-order chi connectivity index (χ1) is 24.5. The summed E-state index contributed by atoms with van der Waals surface area (Å²) in [5.74, 6) is -2.75. The van der Waals surface area contributed by atoms with Crippen molar-refractivity contribution < 1.29 is 33.4 Å². The van der Waals surface area contributed by atoms with Crippen LogP contribution in [-0.4, -0.2) is 104 Å². The molecule has 2 aliphatic carbocycles. The highest BCUT2D eigenvalue weighted by Crippen LogP contribution is 2.31. The number of hydrogen-bond donors (Lipinski definition) is 6. The molecule has 0 aromatic heterocycles. The number of nitrogens with two attached hydrogens (primary N) is 2. The fraction of sp³-hybridized carbons (Fsp3) is 0.865. The summed E-state index contributed by atoms with van der Waals surface area (Å²) in [4.78, 5) is 71.2. The first-order valence-electron chi connectivity index (χ1n) is 19.6. The van der Waals surface area contributed by atoms with Gasteiger partial charge in [-0.2, -0.15) is 0 Å². The third-order valence-corrected chi connectivity index (χ3v) is 10.9. The van der Waals surface area contributed by atoms with Crippen LogP contribution < -0.4 is 32.7 Å². The summed E-state index contributed by atoms with van der Waals surface area (Å²) in [5, 5.41) is 11.4. The van der Waals surface area contributed by atoms with Gasteiger partial charge in [-0.25, -0.2) is 0 Å². The standard InChI is InChI=1S/C37H67N7O7/c1-5-14-30-35(47)43-32(27-17-11-6-7-12-18-27)36(48)41-28(22-39)33(45)42-29(23-50-20-13-19-38)34(46)40-25(3)51-31(24(2)37(49)44(30)4)21-26-15-9-8-10-16-26/h24-32H,5-23,38-39H2,1-4H3,(H,40,46)(H,41,48)(H,42,45)(H,43,47)/t24-,25+,28+,29+,30+,31-,32+/m1/s1. The summed E-state index contributed by atoms with van der Waals surface area (Å²) in [6.07, 6.45) is 11.8. The summed E-state index contributed by atoms with van der Waals surface area (Å²) in [6.45, 7) is 5.80. The molecule has 7 atom stereocenters. The lowest BCUT2D eigenvalue weighted by molar-refractivity contribution is -0.151. The zero-order valence-electron chi connectivity index (χ0n) is 31.6. The largest absolute Gasteiger partial charge is 0.379 e. The Morgan fingerprint density at radius 2 is 1.39 bits per heavy atom. The Morgan fingerprint density at radius 3 is 2.02 bits per heavy atom. The first-order valence-corrected chi connectivity index (χ1v) is 19.6. The number of rotatable bonds is 11. The molecule has 292 valence electrons. The van der Waals surface area contributed by atoms with Gasteiger partial charge in [0.25, 0.3) is 0 Å². The van der Waals surface area contributed by atoms with Crippen molar-refractivity contribution in [1.29, 1.82) is 0 Å². The van der Waals surface area contributed by atoms with Gasteiger partial charge in [0.15, 0.2) is 0 Å². The monoisotopic (exact) mass is 722 g/mol. The van der Waals surface area contributed by atoms with Crippen LogP contribution in [0.3, 0.4) is 0 Å². The fourth-order valence-corrected chi connectivity index (χ4v) is 7.76. The fourth-order valence-electron chi connectivity index (χ4n) is 7.76. The smallest absolute Gasteiger partial charge is 0.246 e. The van der Waals surface area contributed by atoms with Crippen molar-refractivity contribution in [3.63, 3.8) is 0 Å². The van der Waals surface area contributed by atoms with Gasteiger partial charge in [0.1, 0.15) is 30.4 Å². The van der Waals surface area contributed by atoms with Crippen molar-refractivity contribution in [1.82, 2.24) is 26.2 Å². The predicted octanol–water partition coefficient (Wildman–Crippen LogP) is 1.83. The molecule has 3 aliphatic rings. The average molecular weight is 722 g/mol. The number of carbonyl (C=O) groups is 5. The van der Waals surface area contributed by atoms with Gasteiger partial charge in [-0.1, -0.05) is 78.1 Å². The Bertz CT molecular complexity index is 1110. The van der Waals surface area contributed by atoms with Gasteiger partial charge in [-0.05, 0) is 57.4 Å². The molecular weight excluding hydrogens is 654 g/mol. The summed E-state index contributed by atoms with van der Waals surface area (Å²) < 4.78 is 12.2. The van der Waals surface area contributed by atoms with Gasteiger partial charge in [0.2, 0.25) is 29.5 Å². The third kappa shape index (κ3) is 13.3. The predicted molar refractivity (Wildman–Crippen MR) is 195 cm³/mol. The van der Waals surface area contributed by atoms with E-state index in [0.29, 0.717) is 38.1 Å². The molecule has 0 bridgehead atoms. The lowest BCUT2D eigenvalue weighted by Crippen LogP contribution is -2.62. The highest BCUT2D eigenvalue weighted by atomic mass is 16.5. The van der Waals surface area contributed by atoms with E-state index in [9.17, 15) is 24.0 Å². The number of carbonyl (C=O) groups excluding carboxylic acids is 5. The van der Waals surface area contributed by atoms with Crippen LogP contribution in [0, 0.1) is 17.8 Å². The zero-order valence-corrected chi connectivity index (χ0v) is 31.6.